The van der Waals surface area contributed by atoms with Crippen LogP contribution >= 0.6 is 0 Å². The smallest absolute Gasteiger partial charge is 0.254 e. The molecule has 4 aromatic rings. The quantitative estimate of drug-likeness (QED) is 0.522. The van der Waals surface area contributed by atoms with Crippen LogP contribution in [0.5, 0.6) is 0 Å². The molecule has 1 atom stereocenters. The summed E-state index contributed by atoms with van der Waals surface area (Å²) in [5, 5.41) is 13.1. The van der Waals surface area contributed by atoms with Gasteiger partial charge in [-0.25, -0.2) is 4.98 Å². The Morgan fingerprint density at radius 1 is 1.17 bits per heavy atom. The molecule has 1 unspecified atom stereocenters. The van der Waals surface area contributed by atoms with Crippen molar-refractivity contribution < 1.29 is 0 Å². The van der Waals surface area contributed by atoms with Crippen LogP contribution in [0.3, 0.4) is 0 Å². The largest absolute Gasteiger partial charge is 0.346 e. The minimum atomic E-state index is 0.162. The Kier molecular flexibility index (Phi) is 4.46. The summed E-state index contributed by atoms with van der Waals surface area (Å²) < 4.78 is 4.01. The first-order valence-corrected chi connectivity index (χ1v) is 10.1. The maximum absolute atomic E-state index is 4.71. The summed E-state index contributed by atoms with van der Waals surface area (Å²) >= 11 is 0. The lowest BCUT2D eigenvalue weighted by Gasteiger charge is -2.27. The highest BCUT2D eigenvalue weighted by atomic mass is 15.4. The summed E-state index contributed by atoms with van der Waals surface area (Å²) in [6.07, 6.45) is 5.54. The predicted octanol–water partition coefficient (Wildman–Crippen LogP) is 3.38. The summed E-state index contributed by atoms with van der Waals surface area (Å²) in [5.74, 6) is 3.15. The van der Waals surface area contributed by atoms with Crippen LogP contribution in [0, 0.1) is 5.92 Å². The van der Waals surface area contributed by atoms with Gasteiger partial charge in [-0.3, -0.25) is 0 Å². The summed E-state index contributed by atoms with van der Waals surface area (Å²) in [6, 6.07) is 12.5. The average molecular weight is 388 g/mol. The molecule has 0 amide bonds. The number of nitrogens with zero attached hydrogens (tertiary/aromatic N) is 8. The maximum Gasteiger partial charge on any atom is 0.254 e. The third-order valence-electron chi connectivity index (χ3n) is 5.36. The van der Waals surface area contributed by atoms with Crippen molar-refractivity contribution in [2.24, 2.45) is 5.92 Å². The van der Waals surface area contributed by atoms with Crippen LogP contribution < -0.4 is 4.90 Å². The van der Waals surface area contributed by atoms with Crippen molar-refractivity contribution in [1.82, 2.24) is 34.3 Å². The normalized spacial score (nSPS) is 16.9. The van der Waals surface area contributed by atoms with Crippen molar-refractivity contribution in [2.45, 2.75) is 39.3 Å². The Morgan fingerprint density at radius 3 is 2.86 bits per heavy atom. The van der Waals surface area contributed by atoms with Crippen LogP contribution in [-0.2, 0) is 6.54 Å². The summed E-state index contributed by atoms with van der Waals surface area (Å²) in [4.78, 5) is 11.4. The van der Waals surface area contributed by atoms with E-state index in [0.717, 1.165) is 48.8 Å². The third kappa shape index (κ3) is 3.24. The van der Waals surface area contributed by atoms with Gasteiger partial charge in [0, 0.05) is 24.7 Å². The molecule has 8 heteroatoms. The van der Waals surface area contributed by atoms with Crippen molar-refractivity contribution in [3.8, 4) is 11.3 Å². The number of fused-ring (bicyclic) bond motifs is 1. The summed E-state index contributed by atoms with van der Waals surface area (Å²) in [5.41, 5.74) is 1.97. The number of rotatable bonds is 5. The molecule has 1 saturated heterocycles. The minimum Gasteiger partial charge on any atom is -0.346 e. The number of benzene rings is 1. The van der Waals surface area contributed by atoms with Crippen molar-refractivity contribution >= 4 is 11.6 Å². The van der Waals surface area contributed by atoms with Gasteiger partial charge in [-0.15, -0.1) is 10.2 Å². The zero-order valence-electron chi connectivity index (χ0n) is 16.7. The topological polar surface area (TPSA) is 77.0 Å². The van der Waals surface area contributed by atoms with E-state index >= 15 is 0 Å². The van der Waals surface area contributed by atoms with E-state index in [1.54, 1.807) is 6.33 Å². The molecule has 0 saturated carbocycles. The lowest BCUT2D eigenvalue weighted by atomic mass is 10.1. The highest BCUT2D eigenvalue weighted by molar-refractivity contribution is 5.66. The fourth-order valence-electron chi connectivity index (χ4n) is 4.12. The van der Waals surface area contributed by atoms with Crippen LogP contribution in [0.25, 0.3) is 17.0 Å². The highest BCUT2D eigenvalue weighted by Crippen LogP contribution is 2.36. The van der Waals surface area contributed by atoms with E-state index in [9.17, 15) is 0 Å². The molecule has 0 radical (unpaired) electrons. The lowest BCUT2D eigenvalue weighted by molar-refractivity contribution is 0.487. The second-order valence-corrected chi connectivity index (χ2v) is 7.92. The number of anilines is 1. The summed E-state index contributed by atoms with van der Waals surface area (Å²) in [7, 11) is 0. The van der Waals surface area contributed by atoms with Crippen LogP contribution in [0.2, 0.25) is 0 Å². The Balaban J connectivity index is 1.59. The molecule has 0 spiro atoms. The zero-order chi connectivity index (χ0) is 19.8. The molecule has 0 bridgehead atoms. The molecule has 148 valence electrons. The monoisotopic (exact) mass is 388 g/mol. The van der Waals surface area contributed by atoms with Gasteiger partial charge in [0.1, 0.15) is 18.5 Å². The molecule has 8 nitrogen and oxygen atoms in total. The molecule has 4 heterocycles. The van der Waals surface area contributed by atoms with Crippen LogP contribution in [0.1, 0.15) is 38.6 Å². The van der Waals surface area contributed by atoms with Gasteiger partial charge in [-0.2, -0.15) is 14.6 Å². The van der Waals surface area contributed by atoms with E-state index in [1.165, 1.54) is 0 Å². The van der Waals surface area contributed by atoms with Crippen LogP contribution in [0.4, 0.5) is 5.82 Å². The van der Waals surface area contributed by atoms with Gasteiger partial charge in [0.05, 0.1) is 11.7 Å². The van der Waals surface area contributed by atoms with Crippen molar-refractivity contribution in [3.05, 3.63) is 54.9 Å². The average Bonchev–Trinajstić information content (AvgIpc) is 3.47. The highest BCUT2D eigenvalue weighted by Gasteiger charge is 2.32. The van der Waals surface area contributed by atoms with Crippen molar-refractivity contribution in [1.29, 1.82) is 0 Å². The summed E-state index contributed by atoms with van der Waals surface area (Å²) in [6.45, 7) is 6.28. The maximum atomic E-state index is 4.71. The van der Waals surface area contributed by atoms with Gasteiger partial charge in [0.15, 0.2) is 5.82 Å². The van der Waals surface area contributed by atoms with Crippen LogP contribution in [-0.4, -0.2) is 40.9 Å². The fraction of sp³-hybridized carbons (Fsp3) is 0.381. The third-order valence-corrected chi connectivity index (χ3v) is 5.36. The van der Waals surface area contributed by atoms with E-state index in [2.05, 4.69) is 61.8 Å². The molecule has 1 fully saturated rings. The molecule has 0 aliphatic carbocycles. The molecule has 29 heavy (non-hydrogen) atoms. The van der Waals surface area contributed by atoms with E-state index in [4.69, 9.17) is 4.98 Å². The molecule has 1 aliphatic rings. The number of aromatic nitrogens is 7. The predicted molar refractivity (Wildman–Crippen MR) is 110 cm³/mol. The van der Waals surface area contributed by atoms with E-state index in [1.807, 2.05) is 29.0 Å². The van der Waals surface area contributed by atoms with Crippen molar-refractivity contribution in [2.75, 3.05) is 11.4 Å². The minimum absolute atomic E-state index is 0.162. The lowest BCUT2D eigenvalue weighted by Crippen LogP contribution is -2.28. The number of hydrogen-bond donors (Lipinski definition) is 0. The standard InChI is InChI=1S/C21H24N8/c1-15(2)12-27-14-23-26-20(27)18-9-6-10-28(18)19-11-17(16-7-4-3-5-8-16)25-21-22-13-24-29(19)21/h3-5,7-8,11,13-15,18H,6,9-10,12H2,1-2H3. The van der Waals surface area contributed by atoms with Gasteiger partial charge < -0.3 is 9.47 Å². The van der Waals surface area contributed by atoms with Gasteiger partial charge in [0.25, 0.3) is 5.78 Å². The Labute approximate surface area is 169 Å². The molecule has 0 N–H and O–H groups in total. The second kappa shape index (κ2) is 7.27. The van der Waals surface area contributed by atoms with Gasteiger partial charge in [-0.1, -0.05) is 44.2 Å². The SMILES string of the molecule is CC(C)Cn1cnnc1C1CCCN1c1cc(-c2ccccc2)nc2ncnn12. The second-order valence-electron chi connectivity index (χ2n) is 7.92. The van der Waals surface area contributed by atoms with E-state index in [-0.39, 0.29) is 6.04 Å². The Hall–Kier alpha value is -3.29. The van der Waals surface area contributed by atoms with Crippen molar-refractivity contribution in [3.63, 3.8) is 0 Å². The van der Waals surface area contributed by atoms with Gasteiger partial charge in [0.2, 0.25) is 0 Å². The zero-order valence-corrected chi connectivity index (χ0v) is 16.7. The first-order valence-electron chi connectivity index (χ1n) is 10.1. The van der Waals surface area contributed by atoms with E-state index in [0.29, 0.717) is 11.7 Å². The van der Waals surface area contributed by atoms with Gasteiger partial charge in [-0.05, 0) is 18.8 Å². The molecular formula is C21H24N8. The Morgan fingerprint density at radius 2 is 2.03 bits per heavy atom. The molecule has 5 rings (SSSR count). The van der Waals surface area contributed by atoms with Crippen LogP contribution in [0.15, 0.2) is 49.1 Å². The number of hydrogen-bond acceptors (Lipinski definition) is 6. The fourth-order valence-corrected chi connectivity index (χ4v) is 4.12. The van der Waals surface area contributed by atoms with Gasteiger partial charge >= 0.3 is 0 Å². The molecular weight excluding hydrogens is 364 g/mol. The Bertz CT molecular complexity index is 1110. The molecule has 1 aliphatic heterocycles. The van der Waals surface area contributed by atoms with E-state index < -0.39 is 0 Å². The molecule has 3 aromatic heterocycles. The first kappa shape index (κ1) is 17.8. The molecule has 1 aromatic carbocycles. The first-order chi connectivity index (χ1) is 14.2.